The Hall–Kier alpha value is -4.01. The first-order valence-electron chi connectivity index (χ1n) is 10.2. The first-order chi connectivity index (χ1) is 15.9. The van der Waals surface area contributed by atoms with Crippen LogP contribution in [0.2, 0.25) is 0 Å². The van der Waals surface area contributed by atoms with E-state index in [2.05, 4.69) is 15.3 Å². The van der Waals surface area contributed by atoms with Crippen LogP contribution in [0.3, 0.4) is 0 Å². The van der Waals surface area contributed by atoms with Gasteiger partial charge in [0.1, 0.15) is 5.82 Å². The molecule has 1 atom stereocenters. The number of amides is 1. The third-order valence-electron chi connectivity index (χ3n) is 5.53. The van der Waals surface area contributed by atoms with E-state index in [0.29, 0.717) is 41.3 Å². The van der Waals surface area contributed by atoms with Crippen molar-refractivity contribution in [3.63, 3.8) is 0 Å². The Morgan fingerprint density at radius 3 is 2.30 bits per heavy atom. The molecule has 2 aromatic carbocycles. The van der Waals surface area contributed by atoms with Gasteiger partial charge in [-0.3, -0.25) is 14.9 Å². The van der Waals surface area contributed by atoms with Crippen LogP contribution in [-0.2, 0) is 6.42 Å². The summed E-state index contributed by atoms with van der Waals surface area (Å²) in [6.45, 7) is 0. The van der Waals surface area contributed by atoms with Crippen LogP contribution in [0.15, 0.2) is 42.6 Å². The number of hydrogen-bond donors (Lipinski definition) is 1. The Morgan fingerprint density at radius 2 is 1.70 bits per heavy atom. The normalized spacial score (nSPS) is 14.9. The lowest BCUT2D eigenvalue weighted by Crippen LogP contribution is -2.22. The number of hydrogen-bond acceptors (Lipinski definition) is 7. The lowest BCUT2D eigenvalue weighted by atomic mass is 9.82. The molecule has 0 spiro atoms. The van der Waals surface area contributed by atoms with E-state index in [1.807, 2.05) is 0 Å². The van der Waals surface area contributed by atoms with Crippen molar-refractivity contribution in [2.24, 2.45) is 0 Å². The molecular weight excluding hydrogens is 429 g/mol. The second kappa shape index (κ2) is 9.23. The number of nitrogens with one attached hydrogen (secondary N) is 1. The fourth-order valence-electron chi connectivity index (χ4n) is 3.86. The molecule has 3 aromatic rings. The molecule has 0 bridgehead atoms. The summed E-state index contributed by atoms with van der Waals surface area (Å²) in [6.07, 6.45) is 2.19. The van der Waals surface area contributed by atoms with Crippen molar-refractivity contribution >= 4 is 17.6 Å². The van der Waals surface area contributed by atoms with Gasteiger partial charge in [0.05, 0.1) is 32.6 Å². The molecule has 0 saturated carbocycles. The van der Waals surface area contributed by atoms with Crippen molar-refractivity contribution in [3.05, 3.63) is 70.8 Å². The van der Waals surface area contributed by atoms with Crippen LogP contribution in [0.25, 0.3) is 0 Å². The van der Waals surface area contributed by atoms with Crippen LogP contribution in [-0.4, -0.2) is 43.0 Å². The number of fused-ring (bicyclic) bond motifs is 1. The number of methoxy groups -OCH3 is 3. The molecular formula is C24H22FN3O5. The molecule has 9 heteroatoms. The standard InChI is InChI=1S/C24H22FN3O5/c1-31-20-10-15(11-21(32-2)22(20)33-3)23(30)28-24-26-12-17-18(27-24)8-14(9-19(17)29)13-4-6-16(25)7-5-13/h4-7,10-12,14H,8-9H2,1-3H3,(H,26,27,28,30)/t14-/m1/s1. The van der Waals surface area contributed by atoms with Crippen molar-refractivity contribution in [1.82, 2.24) is 9.97 Å². The highest BCUT2D eigenvalue weighted by Gasteiger charge is 2.28. The van der Waals surface area contributed by atoms with Gasteiger partial charge < -0.3 is 14.2 Å². The second-order valence-electron chi connectivity index (χ2n) is 7.50. The molecule has 0 fully saturated rings. The van der Waals surface area contributed by atoms with Crippen LogP contribution >= 0.6 is 0 Å². The van der Waals surface area contributed by atoms with E-state index in [9.17, 15) is 14.0 Å². The summed E-state index contributed by atoms with van der Waals surface area (Å²) in [4.78, 5) is 34.0. The first kappa shape index (κ1) is 22.2. The van der Waals surface area contributed by atoms with E-state index >= 15 is 0 Å². The second-order valence-corrected chi connectivity index (χ2v) is 7.50. The maximum absolute atomic E-state index is 13.3. The summed E-state index contributed by atoms with van der Waals surface area (Å²) in [5.74, 6) is 0.0771. The fraction of sp³-hybridized carbons (Fsp3) is 0.250. The Balaban J connectivity index is 1.58. The van der Waals surface area contributed by atoms with Crippen molar-refractivity contribution in [2.45, 2.75) is 18.8 Å². The number of Topliss-reactive ketones (excluding diaryl/α,β-unsaturated/α-hetero) is 1. The number of carbonyl (C=O) groups is 2. The largest absolute Gasteiger partial charge is 0.493 e. The highest BCUT2D eigenvalue weighted by atomic mass is 19.1. The number of carbonyl (C=O) groups excluding carboxylic acids is 2. The fourth-order valence-corrected chi connectivity index (χ4v) is 3.86. The maximum Gasteiger partial charge on any atom is 0.258 e. The van der Waals surface area contributed by atoms with E-state index in [1.165, 1.54) is 51.8 Å². The molecule has 0 saturated heterocycles. The molecule has 1 amide bonds. The Morgan fingerprint density at radius 1 is 1.03 bits per heavy atom. The number of anilines is 1. The topological polar surface area (TPSA) is 99.6 Å². The maximum atomic E-state index is 13.3. The van der Waals surface area contributed by atoms with Crippen LogP contribution in [0.1, 0.15) is 44.3 Å². The van der Waals surface area contributed by atoms with Crippen LogP contribution < -0.4 is 19.5 Å². The number of nitrogens with zero attached hydrogens (tertiary/aromatic N) is 2. The third kappa shape index (κ3) is 4.48. The molecule has 0 unspecified atom stereocenters. The van der Waals surface area contributed by atoms with Gasteiger partial charge in [-0.05, 0) is 42.2 Å². The van der Waals surface area contributed by atoms with Gasteiger partial charge >= 0.3 is 0 Å². The quantitative estimate of drug-likeness (QED) is 0.608. The first-order valence-corrected chi connectivity index (χ1v) is 10.2. The average molecular weight is 451 g/mol. The highest BCUT2D eigenvalue weighted by Crippen LogP contribution is 2.38. The third-order valence-corrected chi connectivity index (χ3v) is 5.53. The molecule has 0 radical (unpaired) electrons. The number of benzene rings is 2. The smallest absolute Gasteiger partial charge is 0.258 e. The van der Waals surface area contributed by atoms with Gasteiger partial charge in [0.25, 0.3) is 5.91 Å². The number of aromatic nitrogens is 2. The number of ether oxygens (including phenoxy) is 3. The molecule has 0 aliphatic heterocycles. The van der Waals surface area contributed by atoms with Crippen LogP contribution in [0.5, 0.6) is 17.2 Å². The zero-order valence-corrected chi connectivity index (χ0v) is 18.3. The molecule has 170 valence electrons. The van der Waals surface area contributed by atoms with E-state index < -0.39 is 5.91 Å². The summed E-state index contributed by atoms with van der Waals surface area (Å²) >= 11 is 0. The van der Waals surface area contributed by atoms with E-state index in [0.717, 1.165) is 5.56 Å². The van der Waals surface area contributed by atoms with E-state index in [4.69, 9.17) is 14.2 Å². The van der Waals surface area contributed by atoms with Gasteiger partial charge in [-0.2, -0.15) is 0 Å². The predicted molar refractivity (Wildman–Crippen MR) is 118 cm³/mol. The van der Waals surface area contributed by atoms with Crippen molar-refractivity contribution < 1.29 is 28.2 Å². The number of ketones is 1. The molecule has 8 nitrogen and oxygen atoms in total. The molecule has 4 rings (SSSR count). The van der Waals surface area contributed by atoms with Gasteiger partial charge in [-0.25, -0.2) is 14.4 Å². The number of halogens is 1. The van der Waals surface area contributed by atoms with Crippen molar-refractivity contribution in [1.29, 1.82) is 0 Å². The van der Waals surface area contributed by atoms with Crippen molar-refractivity contribution in [2.75, 3.05) is 26.6 Å². The highest BCUT2D eigenvalue weighted by molar-refractivity contribution is 6.04. The minimum Gasteiger partial charge on any atom is -0.493 e. The van der Waals surface area contributed by atoms with Gasteiger partial charge in [0, 0.05) is 18.2 Å². The summed E-state index contributed by atoms with van der Waals surface area (Å²) in [6, 6.07) is 9.13. The predicted octanol–water partition coefficient (Wildman–Crippen LogP) is 3.81. The van der Waals surface area contributed by atoms with Crippen molar-refractivity contribution in [3.8, 4) is 17.2 Å². The summed E-state index contributed by atoms with van der Waals surface area (Å²) in [7, 11) is 4.39. The van der Waals surface area contributed by atoms with Crippen LogP contribution in [0.4, 0.5) is 10.3 Å². The molecule has 1 aliphatic carbocycles. The molecule has 1 heterocycles. The minimum atomic E-state index is -0.480. The molecule has 1 aromatic heterocycles. The molecule has 33 heavy (non-hydrogen) atoms. The molecule has 1 aliphatic rings. The number of rotatable bonds is 6. The Bertz CT molecular complexity index is 1190. The summed E-state index contributed by atoms with van der Waals surface area (Å²) in [5, 5.41) is 2.65. The summed E-state index contributed by atoms with van der Waals surface area (Å²) < 4.78 is 29.1. The average Bonchev–Trinajstić information content (AvgIpc) is 2.83. The zero-order valence-electron chi connectivity index (χ0n) is 18.3. The Labute approximate surface area is 189 Å². The van der Waals surface area contributed by atoms with Gasteiger partial charge in [-0.15, -0.1) is 0 Å². The van der Waals surface area contributed by atoms with Crippen LogP contribution in [0, 0.1) is 5.82 Å². The molecule has 1 N–H and O–H groups in total. The Kier molecular flexibility index (Phi) is 6.21. The van der Waals surface area contributed by atoms with Gasteiger partial charge in [0.2, 0.25) is 11.7 Å². The monoisotopic (exact) mass is 451 g/mol. The van der Waals surface area contributed by atoms with E-state index in [1.54, 1.807) is 12.1 Å². The minimum absolute atomic E-state index is 0.0695. The zero-order chi connectivity index (χ0) is 23.5. The van der Waals surface area contributed by atoms with Gasteiger partial charge in [0.15, 0.2) is 17.3 Å². The van der Waals surface area contributed by atoms with Gasteiger partial charge in [-0.1, -0.05) is 12.1 Å². The lowest BCUT2D eigenvalue weighted by Gasteiger charge is -2.23. The SMILES string of the molecule is COc1cc(C(=O)Nc2ncc3c(n2)C[C@@H](c2ccc(F)cc2)CC3=O)cc(OC)c1OC. The van der Waals surface area contributed by atoms with E-state index in [-0.39, 0.29) is 29.0 Å². The lowest BCUT2D eigenvalue weighted by molar-refractivity contribution is 0.0962. The summed E-state index contributed by atoms with van der Waals surface area (Å²) in [5.41, 5.74) is 2.08.